The molecule has 0 aliphatic rings. The molecule has 0 atom stereocenters. The van der Waals surface area contributed by atoms with Crippen LogP contribution in [0.2, 0.25) is 0 Å². The molecule has 30 heavy (non-hydrogen) atoms. The van der Waals surface area contributed by atoms with Crippen molar-refractivity contribution in [1.82, 2.24) is 15.0 Å². The molecule has 0 spiro atoms. The zero-order valence-corrected chi connectivity index (χ0v) is 19.2. The standard InChI is InChI=1S/C23H37N5O2/c1-7-16(8-2)25-22-18(9-3)26-20(23(28-22)30-6)17-11-12-19(15(4)5)27-21(17)24-13-10-14-29/h11-12,15-16,29H,7-10,13-14H2,1-6H3,(H,24,27)(H,25,28). The van der Waals surface area contributed by atoms with Crippen molar-refractivity contribution in [1.29, 1.82) is 0 Å². The van der Waals surface area contributed by atoms with Crippen LogP contribution in [-0.2, 0) is 6.42 Å². The number of pyridine rings is 1. The molecule has 0 aromatic carbocycles. The molecular formula is C23H37N5O2. The molecule has 3 N–H and O–H groups in total. The number of nitrogens with zero attached hydrogens (tertiary/aromatic N) is 3. The van der Waals surface area contributed by atoms with Crippen LogP contribution in [0, 0.1) is 0 Å². The van der Waals surface area contributed by atoms with Gasteiger partial charge in [0.05, 0.1) is 12.8 Å². The maximum Gasteiger partial charge on any atom is 0.242 e. The van der Waals surface area contributed by atoms with Gasteiger partial charge in [-0.15, -0.1) is 0 Å². The Morgan fingerprint density at radius 2 is 1.77 bits per heavy atom. The molecule has 0 saturated heterocycles. The monoisotopic (exact) mass is 415 g/mol. The summed E-state index contributed by atoms with van der Waals surface area (Å²) in [7, 11) is 1.62. The van der Waals surface area contributed by atoms with Crippen LogP contribution in [0.15, 0.2) is 12.1 Å². The average Bonchev–Trinajstić information content (AvgIpc) is 2.77. The second-order valence-electron chi connectivity index (χ2n) is 7.68. The van der Waals surface area contributed by atoms with Crippen molar-refractivity contribution in [2.75, 3.05) is 30.9 Å². The van der Waals surface area contributed by atoms with Crippen molar-refractivity contribution < 1.29 is 9.84 Å². The molecule has 0 fully saturated rings. The van der Waals surface area contributed by atoms with Gasteiger partial charge in [0.15, 0.2) is 5.82 Å². The van der Waals surface area contributed by atoms with E-state index in [2.05, 4.69) is 45.3 Å². The van der Waals surface area contributed by atoms with Gasteiger partial charge in [-0.3, -0.25) is 0 Å². The first kappa shape index (κ1) is 23.9. The third kappa shape index (κ3) is 5.81. The average molecular weight is 416 g/mol. The van der Waals surface area contributed by atoms with E-state index in [0.29, 0.717) is 36.5 Å². The second-order valence-corrected chi connectivity index (χ2v) is 7.68. The summed E-state index contributed by atoms with van der Waals surface area (Å²) in [6.07, 6.45) is 3.45. The SMILES string of the molecule is CCc1nc(-c2ccc(C(C)C)nc2NCCCO)c(OC)nc1NC(CC)CC. The predicted octanol–water partition coefficient (Wildman–Crippen LogP) is 4.63. The summed E-state index contributed by atoms with van der Waals surface area (Å²) in [5.41, 5.74) is 3.44. The molecule has 2 aromatic rings. The summed E-state index contributed by atoms with van der Waals surface area (Å²) in [4.78, 5) is 14.5. The summed E-state index contributed by atoms with van der Waals surface area (Å²) in [5.74, 6) is 2.31. The molecule has 2 heterocycles. The van der Waals surface area contributed by atoms with E-state index in [1.54, 1.807) is 7.11 Å². The largest absolute Gasteiger partial charge is 0.479 e. The number of nitrogens with one attached hydrogen (secondary N) is 2. The van der Waals surface area contributed by atoms with Crippen LogP contribution in [0.4, 0.5) is 11.6 Å². The minimum absolute atomic E-state index is 0.131. The first-order valence-electron chi connectivity index (χ1n) is 11.1. The van der Waals surface area contributed by atoms with E-state index in [1.807, 2.05) is 12.1 Å². The molecule has 2 rings (SSSR count). The van der Waals surface area contributed by atoms with Gasteiger partial charge in [0.25, 0.3) is 0 Å². The molecule has 0 unspecified atom stereocenters. The van der Waals surface area contributed by atoms with E-state index in [4.69, 9.17) is 24.8 Å². The van der Waals surface area contributed by atoms with Crippen LogP contribution in [-0.4, -0.2) is 46.4 Å². The highest BCUT2D eigenvalue weighted by molar-refractivity contribution is 5.77. The van der Waals surface area contributed by atoms with E-state index in [1.165, 1.54) is 0 Å². The maximum absolute atomic E-state index is 9.16. The summed E-state index contributed by atoms with van der Waals surface area (Å²) >= 11 is 0. The fourth-order valence-corrected chi connectivity index (χ4v) is 3.23. The minimum Gasteiger partial charge on any atom is -0.479 e. The van der Waals surface area contributed by atoms with E-state index < -0.39 is 0 Å². The fraction of sp³-hybridized carbons (Fsp3) is 0.609. The number of aliphatic hydroxyl groups excluding tert-OH is 1. The number of aromatic nitrogens is 3. The van der Waals surface area contributed by atoms with E-state index in [-0.39, 0.29) is 6.61 Å². The van der Waals surface area contributed by atoms with Crippen LogP contribution in [0.25, 0.3) is 11.3 Å². The molecule has 0 radical (unpaired) electrons. The zero-order valence-electron chi connectivity index (χ0n) is 19.2. The molecule has 0 aliphatic heterocycles. The van der Waals surface area contributed by atoms with Crippen molar-refractivity contribution in [3.8, 4) is 17.1 Å². The fourth-order valence-electron chi connectivity index (χ4n) is 3.23. The first-order chi connectivity index (χ1) is 14.5. The minimum atomic E-state index is 0.131. The molecule has 0 amide bonds. The van der Waals surface area contributed by atoms with Crippen LogP contribution in [0.5, 0.6) is 5.88 Å². The lowest BCUT2D eigenvalue weighted by molar-refractivity contribution is 0.292. The topological polar surface area (TPSA) is 92.2 Å². The Kier molecular flexibility index (Phi) is 9.30. The second kappa shape index (κ2) is 11.7. The number of rotatable bonds is 12. The van der Waals surface area contributed by atoms with E-state index in [9.17, 15) is 0 Å². The zero-order chi connectivity index (χ0) is 22.1. The molecule has 2 aromatic heterocycles. The molecule has 0 saturated carbocycles. The Balaban J connectivity index is 2.55. The van der Waals surface area contributed by atoms with Gasteiger partial charge < -0.3 is 20.5 Å². The van der Waals surface area contributed by atoms with Gasteiger partial charge in [-0.1, -0.05) is 34.6 Å². The Hall–Kier alpha value is -2.41. The Morgan fingerprint density at radius 3 is 2.33 bits per heavy atom. The van der Waals surface area contributed by atoms with Gasteiger partial charge in [-0.2, -0.15) is 4.98 Å². The van der Waals surface area contributed by atoms with E-state index >= 15 is 0 Å². The van der Waals surface area contributed by atoms with Gasteiger partial charge in [-0.05, 0) is 43.7 Å². The number of ether oxygens (including phenoxy) is 1. The Morgan fingerprint density at radius 1 is 1.03 bits per heavy atom. The van der Waals surface area contributed by atoms with Gasteiger partial charge in [0.2, 0.25) is 5.88 Å². The Labute approximate surface area is 180 Å². The number of methoxy groups -OCH3 is 1. The molecule has 166 valence electrons. The number of hydrogen-bond donors (Lipinski definition) is 3. The van der Waals surface area contributed by atoms with Crippen molar-refractivity contribution in [3.63, 3.8) is 0 Å². The first-order valence-corrected chi connectivity index (χ1v) is 11.1. The lowest BCUT2D eigenvalue weighted by atomic mass is 10.1. The van der Waals surface area contributed by atoms with Crippen LogP contribution < -0.4 is 15.4 Å². The van der Waals surface area contributed by atoms with Crippen molar-refractivity contribution in [2.45, 2.75) is 72.3 Å². The molecule has 0 bridgehead atoms. The number of aliphatic hydroxyl groups is 1. The molecular weight excluding hydrogens is 378 g/mol. The summed E-state index contributed by atoms with van der Waals surface area (Å²) in [6.45, 7) is 11.4. The van der Waals surface area contributed by atoms with Crippen molar-refractivity contribution in [3.05, 3.63) is 23.5 Å². The Bertz CT molecular complexity index is 806. The number of aryl methyl sites for hydroxylation is 1. The molecule has 7 nitrogen and oxygen atoms in total. The highest BCUT2D eigenvalue weighted by Gasteiger charge is 2.20. The summed E-state index contributed by atoms with van der Waals surface area (Å²) in [6, 6.07) is 4.41. The lowest BCUT2D eigenvalue weighted by Gasteiger charge is -2.20. The van der Waals surface area contributed by atoms with Crippen LogP contribution in [0.1, 0.15) is 71.2 Å². The van der Waals surface area contributed by atoms with Crippen LogP contribution in [0.3, 0.4) is 0 Å². The lowest BCUT2D eigenvalue weighted by Crippen LogP contribution is -2.20. The van der Waals surface area contributed by atoms with Gasteiger partial charge in [0.1, 0.15) is 11.5 Å². The number of hydrogen-bond acceptors (Lipinski definition) is 7. The van der Waals surface area contributed by atoms with Crippen molar-refractivity contribution in [2.24, 2.45) is 0 Å². The normalized spacial score (nSPS) is 11.2. The highest BCUT2D eigenvalue weighted by Crippen LogP contribution is 2.34. The maximum atomic E-state index is 9.16. The highest BCUT2D eigenvalue weighted by atomic mass is 16.5. The molecule has 7 heteroatoms. The van der Waals surface area contributed by atoms with Gasteiger partial charge in [0, 0.05) is 30.5 Å². The molecule has 0 aliphatic carbocycles. The summed E-state index contributed by atoms with van der Waals surface area (Å²) in [5, 5.41) is 16.0. The smallest absolute Gasteiger partial charge is 0.242 e. The van der Waals surface area contributed by atoms with Gasteiger partial charge >= 0.3 is 0 Å². The van der Waals surface area contributed by atoms with E-state index in [0.717, 1.165) is 47.8 Å². The number of anilines is 2. The van der Waals surface area contributed by atoms with Crippen molar-refractivity contribution >= 4 is 11.6 Å². The van der Waals surface area contributed by atoms with Gasteiger partial charge in [-0.25, -0.2) is 9.97 Å². The predicted molar refractivity (Wildman–Crippen MR) is 123 cm³/mol. The third-order valence-corrected chi connectivity index (χ3v) is 5.18. The van der Waals surface area contributed by atoms with Crippen LogP contribution >= 0.6 is 0 Å². The third-order valence-electron chi connectivity index (χ3n) is 5.18. The summed E-state index contributed by atoms with van der Waals surface area (Å²) < 4.78 is 5.64. The quantitative estimate of drug-likeness (QED) is 0.435.